The summed E-state index contributed by atoms with van der Waals surface area (Å²) < 4.78 is 35.5. The number of guanidine groups is 1. The Balaban J connectivity index is 0.00000625. The highest BCUT2D eigenvalue weighted by molar-refractivity contribution is 14.0. The van der Waals surface area contributed by atoms with Crippen molar-refractivity contribution in [1.82, 2.24) is 15.5 Å². The largest absolute Gasteiger partial charge is 0.490 e. The summed E-state index contributed by atoms with van der Waals surface area (Å²) in [7, 11) is 5.69. The molecule has 0 saturated carbocycles. The van der Waals surface area contributed by atoms with Crippen LogP contribution in [0.15, 0.2) is 23.2 Å². The van der Waals surface area contributed by atoms with E-state index in [0.717, 1.165) is 19.5 Å². The number of alkyl halides is 2. The second kappa shape index (κ2) is 13.8. The third kappa shape index (κ3) is 9.37. The van der Waals surface area contributed by atoms with Gasteiger partial charge in [-0.3, -0.25) is 4.99 Å². The fourth-order valence-corrected chi connectivity index (χ4v) is 2.19. The van der Waals surface area contributed by atoms with E-state index in [0.29, 0.717) is 23.9 Å². The summed E-state index contributed by atoms with van der Waals surface area (Å²) in [5.74, 6) is 0.953. The summed E-state index contributed by atoms with van der Waals surface area (Å²) in [6.07, 6.45) is 0.966. The van der Waals surface area contributed by atoms with Crippen LogP contribution in [0, 0.1) is 0 Å². The van der Waals surface area contributed by atoms with Crippen LogP contribution in [0.2, 0.25) is 0 Å². The average Bonchev–Trinajstić information content (AvgIpc) is 2.56. The topological polar surface area (TPSA) is 58.1 Å². The molecule has 1 aromatic carbocycles. The molecule has 0 bridgehead atoms. The number of para-hydroxylation sites is 1. The van der Waals surface area contributed by atoms with E-state index in [2.05, 4.69) is 25.3 Å². The van der Waals surface area contributed by atoms with Gasteiger partial charge in [0, 0.05) is 25.7 Å². The van der Waals surface area contributed by atoms with Crippen LogP contribution in [-0.4, -0.2) is 58.3 Å². The van der Waals surface area contributed by atoms with Gasteiger partial charge < -0.3 is 25.0 Å². The number of nitrogens with zero attached hydrogens (tertiary/aromatic N) is 2. The second-order valence-electron chi connectivity index (χ2n) is 5.57. The molecular formula is C17H29F2IN4O2. The van der Waals surface area contributed by atoms with E-state index in [1.165, 1.54) is 0 Å². The lowest BCUT2D eigenvalue weighted by atomic mass is 10.2. The van der Waals surface area contributed by atoms with Crippen molar-refractivity contribution in [2.45, 2.75) is 26.5 Å². The van der Waals surface area contributed by atoms with E-state index in [-0.39, 0.29) is 36.3 Å². The zero-order valence-corrected chi connectivity index (χ0v) is 18.1. The molecule has 2 N–H and O–H groups in total. The maximum absolute atomic E-state index is 12.7. The molecule has 0 amide bonds. The van der Waals surface area contributed by atoms with E-state index in [1.54, 1.807) is 32.2 Å². The quantitative estimate of drug-likeness (QED) is 0.231. The summed E-state index contributed by atoms with van der Waals surface area (Å²) in [5.41, 5.74) is 0.572. The van der Waals surface area contributed by atoms with Crippen molar-refractivity contribution in [3.05, 3.63) is 23.8 Å². The van der Waals surface area contributed by atoms with Gasteiger partial charge in [-0.05, 0) is 40.1 Å². The van der Waals surface area contributed by atoms with Crippen LogP contribution < -0.4 is 20.1 Å². The Labute approximate surface area is 171 Å². The molecule has 0 atom stereocenters. The first-order valence-corrected chi connectivity index (χ1v) is 8.26. The molecule has 0 aliphatic rings. The van der Waals surface area contributed by atoms with Crippen molar-refractivity contribution < 1.29 is 18.3 Å². The number of hydrogen-bond acceptors (Lipinski definition) is 4. The molecule has 0 unspecified atom stereocenters. The zero-order valence-electron chi connectivity index (χ0n) is 15.7. The van der Waals surface area contributed by atoms with Crippen molar-refractivity contribution >= 4 is 29.9 Å². The van der Waals surface area contributed by atoms with Crippen LogP contribution >= 0.6 is 24.0 Å². The van der Waals surface area contributed by atoms with Crippen LogP contribution in [-0.2, 0) is 6.54 Å². The van der Waals surface area contributed by atoms with Gasteiger partial charge in [0.2, 0.25) is 0 Å². The summed E-state index contributed by atoms with van der Waals surface area (Å²) in [5, 5.41) is 6.29. The number of benzene rings is 1. The molecule has 1 rings (SSSR count). The summed E-state index contributed by atoms with van der Waals surface area (Å²) >= 11 is 0. The van der Waals surface area contributed by atoms with Gasteiger partial charge in [-0.1, -0.05) is 12.1 Å². The van der Waals surface area contributed by atoms with Crippen LogP contribution in [0.5, 0.6) is 11.5 Å². The highest BCUT2D eigenvalue weighted by Crippen LogP contribution is 2.32. The SMILES string of the molecule is CCOc1cccc(CNC(=NC)NCCCN(C)C)c1OC(F)F.I. The van der Waals surface area contributed by atoms with Gasteiger partial charge in [-0.15, -0.1) is 24.0 Å². The van der Waals surface area contributed by atoms with Crippen LogP contribution in [0.1, 0.15) is 18.9 Å². The van der Waals surface area contributed by atoms with E-state index >= 15 is 0 Å². The van der Waals surface area contributed by atoms with Gasteiger partial charge in [0.15, 0.2) is 17.5 Å². The van der Waals surface area contributed by atoms with Gasteiger partial charge >= 0.3 is 6.61 Å². The van der Waals surface area contributed by atoms with Crippen LogP contribution in [0.3, 0.4) is 0 Å². The summed E-state index contributed by atoms with van der Waals surface area (Å²) in [4.78, 5) is 6.23. The zero-order chi connectivity index (χ0) is 18.7. The van der Waals surface area contributed by atoms with Crippen molar-refractivity contribution in [2.75, 3.05) is 40.8 Å². The molecule has 0 aromatic heterocycles. The van der Waals surface area contributed by atoms with E-state index in [4.69, 9.17) is 4.74 Å². The first-order chi connectivity index (χ1) is 12.0. The molecule has 1 aromatic rings. The molecule has 0 spiro atoms. The van der Waals surface area contributed by atoms with Gasteiger partial charge in [-0.2, -0.15) is 8.78 Å². The van der Waals surface area contributed by atoms with E-state index in [1.807, 2.05) is 14.1 Å². The average molecular weight is 486 g/mol. The molecule has 0 saturated heterocycles. The Morgan fingerprint density at radius 3 is 2.58 bits per heavy atom. The fraction of sp³-hybridized carbons (Fsp3) is 0.588. The Morgan fingerprint density at radius 1 is 1.27 bits per heavy atom. The second-order valence-corrected chi connectivity index (χ2v) is 5.57. The Bertz CT molecular complexity index is 545. The Morgan fingerprint density at radius 2 is 2.00 bits per heavy atom. The number of aliphatic imine (C=N–C) groups is 1. The van der Waals surface area contributed by atoms with Crippen molar-refractivity contribution in [1.29, 1.82) is 0 Å². The van der Waals surface area contributed by atoms with E-state index < -0.39 is 6.61 Å². The van der Waals surface area contributed by atoms with Gasteiger partial charge in [0.05, 0.1) is 6.61 Å². The number of rotatable bonds is 10. The normalized spacial score (nSPS) is 11.3. The van der Waals surface area contributed by atoms with E-state index in [9.17, 15) is 8.78 Å². The fourth-order valence-electron chi connectivity index (χ4n) is 2.19. The van der Waals surface area contributed by atoms with Gasteiger partial charge in [0.1, 0.15) is 0 Å². The van der Waals surface area contributed by atoms with Crippen molar-refractivity contribution in [3.8, 4) is 11.5 Å². The first kappa shape index (κ1) is 24.6. The molecule has 0 aliphatic carbocycles. The number of halogens is 3. The third-order valence-corrected chi connectivity index (χ3v) is 3.31. The van der Waals surface area contributed by atoms with Crippen molar-refractivity contribution in [3.63, 3.8) is 0 Å². The van der Waals surface area contributed by atoms with Gasteiger partial charge in [0.25, 0.3) is 0 Å². The third-order valence-electron chi connectivity index (χ3n) is 3.31. The predicted octanol–water partition coefficient (Wildman–Crippen LogP) is 2.92. The molecule has 0 aliphatic heterocycles. The molecule has 6 nitrogen and oxygen atoms in total. The molecule has 0 heterocycles. The molecule has 9 heteroatoms. The summed E-state index contributed by atoms with van der Waals surface area (Å²) in [6.45, 7) is 1.26. The highest BCUT2D eigenvalue weighted by Gasteiger charge is 2.15. The molecule has 0 radical (unpaired) electrons. The lowest BCUT2D eigenvalue weighted by Crippen LogP contribution is -2.38. The minimum atomic E-state index is -2.91. The smallest absolute Gasteiger partial charge is 0.387 e. The van der Waals surface area contributed by atoms with Crippen molar-refractivity contribution in [2.24, 2.45) is 4.99 Å². The number of nitrogens with one attached hydrogen (secondary N) is 2. The monoisotopic (exact) mass is 486 g/mol. The Hall–Kier alpha value is -1.36. The lowest BCUT2D eigenvalue weighted by Gasteiger charge is -2.17. The van der Waals surface area contributed by atoms with Crippen LogP contribution in [0.25, 0.3) is 0 Å². The number of hydrogen-bond donors (Lipinski definition) is 2. The minimum Gasteiger partial charge on any atom is -0.490 e. The molecule has 0 fully saturated rings. The van der Waals surface area contributed by atoms with Gasteiger partial charge in [-0.25, -0.2) is 0 Å². The molecule has 150 valence electrons. The standard InChI is InChI=1S/C17H28F2N4O2.HI/c1-5-24-14-9-6-8-13(15(14)25-16(18)19)12-22-17(20-2)21-10-7-11-23(3)4;/h6,8-9,16H,5,7,10-12H2,1-4H3,(H2,20,21,22);1H. The maximum Gasteiger partial charge on any atom is 0.387 e. The minimum absolute atomic E-state index is 0. The molecule has 26 heavy (non-hydrogen) atoms. The summed E-state index contributed by atoms with van der Waals surface area (Å²) in [6, 6.07) is 5.07. The predicted molar refractivity (Wildman–Crippen MR) is 111 cm³/mol. The lowest BCUT2D eigenvalue weighted by molar-refractivity contribution is -0.0520. The Kier molecular flexibility index (Phi) is 13.1. The van der Waals surface area contributed by atoms with Crippen LogP contribution in [0.4, 0.5) is 8.78 Å². The first-order valence-electron chi connectivity index (χ1n) is 8.26. The number of ether oxygens (including phenoxy) is 2. The molecular weight excluding hydrogens is 457 g/mol. The maximum atomic E-state index is 12.7. The highest BCUT2D eigenvalue weighted by atomic mass is 127.